The minimum absolute atomic E-state index is 0.0425. The Morgan fingerprint density at radius 1 is 1.22 bits per heavy atom. The summed E-state index contributed by atoms with van der Waals surface area (Å²) in [5.74, 6) is 0.413. The van der Waals surface area contributed by atoms with E-state index in [1.807, 2.05) is 6.92 Å². The molecule has 1 aliphatic heterocycles. The number of aryl methyl sites for hydroxylation is 2. The fraction of sp³-hybridized carbons (Fsp3) is 0.684. The summed E-state index contributed by atoms with van der Waals surface area (Å²) in [5, 5.41) is 9.71. The fourth-order valence-electron chi connectivity index (χ4n) is 3.75. The first-order chi connectivity index (χ1) is 12.9. The van der Waals surface area contributed by atoms with E-state index in [1.165, 1.54) is 0 Å². The minimum Gasteiger partial charge on any atom is -0.361 e. The van der Waals surface area contributed by atoms with Crippen molar-refractivity contribution >= 4 is 17.7 Å². The number of nitrogens with one attached hydrogen (secondary N) is 2. The van der Waals surface area contributed by atoms with Gasteiger partial charge >= 0.3 is 0 Å². The number of carbonyl (C=O) groups excluding carboxylic acids is 3. The molecule has 2 atom stereocenters. The molecule has 0 aromatic carbocycles. The van der Waals surface area contributed by atoms with Gasteiger partial charge in [-0.15, -0.1) is 0 Å². The maximum absolute atomic E-state index is 12.9. The maximum atomic E-state index is 12.9. The first-order valence-corrected chi connectivity index (χ1v) is 9.70. The second-order valence-corrected chi connectivity index (χ2v) is 7.51. The molecule has 1 aromatic heterocycles. The molecule has 2 N–H and O–H groups in total. The number of hydrogen-bond acceptors (Lipinski definition) is 5. The van der Waals surface area contributed by atoms with Crippen LogP contribution in [-0.2, 0) is 20.8 Å². The van der Waals surface area contributed by atoms with Gasteiger partial charge in [-0.2, -0.15) is 0 Å². The lowest BCUT2D eigenvalue weighted by Gasteiger charge is -2.26. The molecule has 3 amide bonds. The van der Waals surface area contributed by atoms with Gasteiger partial charge in [0, 0.05) is 30.6 Å². The molecule has 148 valence electrons. The molecule has 0 spiro atoms. The van der Waals surface area contributed by atoms with Crippen LogP contribution in [0.25, 0.3) is 0 Å². The highest BCUT2D eigenvalue weighted by Crippen LogP contribution is 2.27. The minimum atomic E-state index is -0.565. The summed E-state index contributed by atoms with van der Waals surface area (Å²) in [6.07, 6.45) is 3.52. The number of hydrogen-bond donors (Lipinski definition) is 2. The number of likely N-dealkylation sites (N-methyl/N-ethyl adjacent to an activating group) is 1. The molecular formula is C19H28N4O4. The van der Waals surface area contributed by atoms with E-state index in [4.69, 9.17) is 4.52 Å². The third-order valence-corrected chi connectivity index (χ3v) is 5.61. The predicted molar refractivity (Wildman–Crippen MR) is 97.8 cm³/mol. The summed E-state index contributed by atoms with van der Waals surface area (Å²) in [6, 6.07) is -0.760. The standard InChI is InChI=1S/C19H28N4O4/c1-4-20-19(26)16-8-14(21-18(25)13-6-5-7-13)10-23(16)17(24)9-15-11(2)22-27-12(15)3/h13-14,16H,4-10H2,1-3H3,(H,20,26)(H,21,25)/t14-,16-/m0/s1. The van der Waals surface area contributed by atoms with Gasteiger partial charge in [-0.05, 0) is 40.0 Å². The topological polar surface area (TPSA) is 105 Å². The van der Waals surface area contributed by atoms with Crippen molar-refractivity contribution in [3.05, 3.63) is 17.0 Å². The Morgan fingerprint density at radius 2 is 1.96 bits per heavy atom. The van der Waals surface area contributed by atoms with Gasteiger partial charge in [0.1, 0.15) is 11.8 Å². The predicted octanol–water partition coefficient (Wildman–Crippen LogP) is 0.856. The lowest BCUT2D eigenvalue weighted by atomic mass is 9.84. The first-order valence-electron chi connectivity index (χ1n) is 9.70. The quantitative estimate of drug-likeness (QED) is 0.766. The van der Waals surface area contributed by atoms with Crippen molar-refractivity contribution in [3.8, 4) is 0 Å². The Morgan fingerprint density at radius 3 is 2.52 bits per heavy atom. The molecule has 8 heteroatoms. The van der Waals surface area contributed by atoms with E-state index >= 15 is 0 Å². The maximum Gasteiger partial charge on any atom is 0.242 e. The van der Waals surface area contributed by atoms with Crippen molar-refractivity contribution in [2.75, 3.05) is 13.1 Å². The van der Waals surface area contributed by atoms with Crippen molar-refractivity contribution in [3.63, 3.8) is 0 Å². The average molecular weight is 376 g/mol. The Bertz CT molecular complexity index is 706. The summed E-state index contributed by atoms with van der Waals surface area (Å²) in [4.78, 5) is 39.3. The van der Waals surface area contributed by atoms with Gasteiger partial charge in [-0.1, -0.05) is 11.6 Å². The molecule has 8 nitrogen and oxygen atoms in total. The van der Waals surface area contributed by atoms with Crippen LogP contribution in [0.3, 0.4) is 0 Å². The van der Waals surface area contributed by atoms with Crippen LogP contribution in [-0.4, -0.2) is 53.0 Å². The monoisotopic (exact) mass is 376 g/mol. The van der Waals surface area contributed by atoms with E-state index in [0.29, 0.717) is 31.0 Å². The van der Waals surface area contributed by atoms with E-state index in [1.54, 1.807) is 18.7 Å². The van der Waals surface area contributed by atoms with Crippen LogP contribution in [0.1, 0.15) is 49.6 Å². The highest BCUT2D eigenvalue weighted by Gasteiger charge is 2.41. The first kappa shape index (κ1) is 19.4. The molecular weight excluding hydrogens is 348 g/mol. The van der Waals surface area contributed by atoms with Gasteiger partial charge in [0.25, 0.3) is 0 Å². The number of nitrogens with zero attached hydrogens (tertiary/aromatic N) is 2. The number of carbonyl (C=O) groups is 3. The zero-order valence-corrected chi connectivity index (χ0v) is 16.2. The lowest BCUT2D eigenvalue weighted by Crippen LogP contribution is -2.46. The van der Waals surface area contributed by atoms with Gasteiger partial charge in [-0.3, -0.25) is 14.4 Å². The third kappa shape index (κ3) is 4.14. The third-order valence-electron chi connectivity index (χ3n) is 5.61. The van der Waals surface area contributed by atoms with Crippen LogP contribution >= 0.6 is 0 Å². The Balaban J connectivity index is 1.70. The van der Waals surface area contributed by atoms with Crippen molar-refractivity contribution in [1.82, 2.24) is 20.7 Å². The summed E-state index contributed by atoms with van der Waals surface area (Å²) < 4.78 is 5.13. The SMILES string of the molecule is CCNC(=O)[C@@H]1C[C@H](NC(=O)C2CCC2)CN1C(=O)Cc1c(C)noc1C. The van der Waals surface area contributed by atoms with Crippen LogP contribution in [0, 0.1) is 19.8 Å². The average Bonchev–Trinajstić information content (AvgIpc) is 3.12. The van der Waals surface area contributed by atoms with Crippen LogP contribution in [0.5, 0.6) is 0 Å². The molecule has 3 rings (SSSR count). The Hall–Kier alpha value is -2.38. The molecule has 1 aliphatic carbocycles. The molecule has 1 saturated heterocycles. The zero-order valence-electron chi connectivity index (χ0n) is 16.2. The van der Waals surface area contributed by atoms with Gasteiger partial charge in [0.2, 0.25) is 17.7 Å². The second-order valence-electron chi connectivity index (χ2n) is 7.51. The van der Waals surface area contributed by atoms with Crippen molar-refractivity contribution in [2.24, 2.45) is 5.92 Å². The van der Waals surface area contributed by atoms with Crippen molar-refractivity contribution < 1.29 is 18.9 Å². The normalized spacial score (nSPS) is 22.4. The number of likely N-dealkylation sites (tertiary alicyclic amines) is 1. The fourth-order valence-corrected chi connectivity index (χ4v) is 3.75. The second kappa shape index (κ2) is 8.10. The molecule has 2 fully saturated rings. The summed E-state index contributed by atoms with van der Waals surface area (Å²) in [7, 11) is 0. The van der Waals surface area contributed by atoms with E-state index < -0.39 is 6.04 Å². The molecule has 0 bridgehead atoms. The summed E-state index contributed by atoms with van der Waals surface area (Å²) in [6.45, 7) is 6.27. The van der Waals surface area contributed by atoms with Gasteiger partial charge < -0.3 is 20.1 Å². The van der Waals surface area contributed by atoms with E-state index in [0.717, 1.165) is 24.8 Å². The number of amides is 3. The van der Waals surface area contributed by atoms with Crippen LogP contribution in [0.4, 0.5) is 0 Å². The van der Waals surface area contributed by atoms with Crippen LogP contribution in [0.2, 0.25) is 0 Å². The summed E-state index contributed by atoms with van der Waals surface area (Å²) in [5.41, 5.74) is 1.45. The molecule has 0 unspecified atom stereocenters. The molecule has 0 radical (unpaired) electrons. The Labute approximate surface area is 159 Å². The highest BCUT2D eigenvalue weighted by molar-refractivity contribution is 5.89. The van der Waals surface area contributed by atoms with Gasteiger partial charge in [0.15, 0.2) is 0 Å². The lowest BCUT2D eigenvalue weighted by molar-refractivity contribution is -0.138. The van der Waals surface area contributed by atoms with Gasteiger partial charge in [0.05, 0.1) is 12.1 Å². The molecule has 1 saturated carbocycles. The Kier molecular flexibility index (Phi) is 5.82. The van der Waals surface area contributed by atoms with Gasteiger partial charge in [-0.25, -0.2) is 0 Å². The summed E-state index contributed by atoms with van der Waals surface area (Å²) >= 11 is 0. The molecule has 2 aliphatic rings. The highest BCUT2D eigenvalue weighted by atomic mass is 16.5. The molecule has 27 heavy (non-hydrogen) atoms. The van der Waals surface area contributed by atoms with E-state index in [9.17, 15) is 14.4 Å². The van der Waals surface area contributed by atoms with E-state index in [2.05, 4.69) is 15.8 Å². The molecule has 1 aromatic rings. The number of aromatic nitrogens is 1. The molecule has 2 heterocycles. The largest absolute Gasteiger partial charge is 0.361 e. The number of rotatable bonds is 6. The van der Waals surface area contributed by atoms with Crippen LogP contribution in [0.15, 0.2) is 4.52 Å². The zero-order chi connectivity index (χ0) is 19.6. The van der Waals surface area contributed by atoms with Crippen LogP contribution < -0.4 is 10.6 Å². The van der Waals surface area contributed by atoms with Crippen molar-refractivity contribution in [2.45, 2.75) is 65.0 Å². The smallest absolute Gasteiger partial charge is 0.242 e. The van der Waals surface area contributed by atoms with E-state index in [-0.39, 0.29) is 36.1 Å². The van der Waals surface area contributed by atoms with Crippen molar-refractivity contribution in [1.29, 1.82) is 0 Å².